The van der Waals surface area contributed by atoms with Gasteiger partial charge in [0.05, 0.1) is 0 Å². The third-order valence-electron chi connectivity index (χ3n) is 11.3. The number of halogens is 2. The first-order valence-electron chi connectivity index (χ1n) is 24.5. The summed E-state index contributed by atoms with van der Waals surface area (Å²) in [7, 11) is 3.18. The lowest BCUT2D eigenvalue weighted by molar-refractivity contribution is -0.00381. The quantitative estimate of drug-likeness (QED) is 0.103. The Morgan fingerprint density at radius 2 is 1.05 bits per heavy atom. The fourth-order valence-corrected chi connectivity index (χ4v) is 6.12. The zero-order chi connectivity index (χ0) is 56.9. The van der Waals surface area contributed by atoms with E-state index in [1.54, 1.807) is 32.5 Å². The Morgan fingerprint density at radius 3 is 1.50 bits per heavy atom. The third-order valence-corrected chi connectivity index (χ3v) is 12.1. The van der Waals surface area contributed by atoms with E-state index in [4.69, 9.17) is 63.3 Å². The van der Waals surface area contributed by atoms with E-state index in [0.29, 0.717) is 58.6 Å². The Balaban J connectivity index is 0.000000148. The maximum atomic E-state index is 5.91. The molecule has 2 aliphatic carbocycles. The van der Waals surface area contributed by atoms with E-state index in [9.17, 15) is 0 Å². The van der Waals surface area contributed by atoms with Gasteiger partial charge in [0.2, 0.25) is 92.4 Å². The van der Waals surface area contributed by atoms with Crippen LogP contribution in [0.15, 0.2) is 165 Å². The molecule has 2 aliphatic rings. The van der Waals surface area contributed by atoms with Crippen molar-refractivity contribution in [3.05, 3.63) is 165 Å². The topological polar surface area (TPSA) is 343 Å². The van der Waals surface area contributed by atoms with Gasteiger partial charge in [0, 0.05) is 47.9 Å². The second-order valence-electron chi connectivity index (χ2n) is 17.3. The Labute approximate surface area is 467 Å². The summed E-state index contributed by atoms with van der Waals surface area (Å²) in [5.41, 5.74) is 2.11. The number of hydrogen-bond donors (Lipinski definition) is 0. The predicted molar refractivity (Wildman–Crippen MR) is 281 cm³/mol. The summed E-state index contributed by atoms with van der Waals surface area (Å²) in [6.07, 6.45) is 18.6. The molecule has 0 amide bonds. The molecular formula is C51H57Cl2N17O10. The highest BCUT2D eigenvalue weighted by atomic mass is 35.5. The molecule has 0 atom stereocenters. The molecule has 420 valence electrons. The second kappa shape index (κ2) is 31.6. The van der Waals surface area contributed by atoms with Crippen LogP contribution in [-0.2, 0) is 32.0 Å². The maximum Gasteiger partial charge on any atom is 0.266 e. The summed E-state index contributed by atoms with van der Waals surface area (Å²) in [6.45, 7) is 10.5. The molecule has 9 aromatic heterocycles. The van der Waals surface area contributed by atoms with Gasteiger partial charge in [-0.25, -0.2) is 0 Å². The molecule has 2 fully saturated rings. The average Bonchev–Trinajstić information content (AvgIpc) is 4.33. The second-order valence-corrected chi connectivity index (χ2v) is 18.5. The van der Waals surface area contributed by atoms with Crippen LogP contribution in [-0.4, -0.2) is 101 Å². The molecule has 0 unspecified atom stereocenters. The number of pyridine rings is 1. The van der Waals surface area contributed by atoms with Crippen molar-refractivity contribution in [2.45, 2.75) is 102 Å². The lowest BCUT2D eigenvalue weighted by Crippen LogP contribution is -2.19. The number of alkyl halides is 1. The molecule has 13 rings (SSSR count). The number of ether oxygens (including phenoxy) is 2. The number of benzene rings is 2. The summed E-state index contributed by atoms with van der Waals surface area (Å²) in [5, 5.41) is 59.0. The van der Waals surface area contributed by atoms with Crippen LogP contribution in [0, 0.1) is 0 Å². The molecule has 2 saturated carbocycles. The van der Waals surface area contributed by atoms with Crippen LogP contribution in [0.2, 0.25) is 5.02 Å². The third kappa shape index (κ3) is 19.9. The van der Waals surface area contributed by atoms with Crippen LogP contribution in [0.1, 0.15) is 109 Å². The van der Waals surface area contributed by atoms with Gasteiger partial charge in [-0.2, -0.15) is 0 Å². The van der Waals surface area contributed by atoms with E-state index in [-0.39, 0.29) is 10.3 Å². The normalized spacial score (nSPS) is 12.7. The smallest absolute Gasteiger partial charge is 0.266 e. The first kappa shape index (κ1) is 60.4. The fourth-order valence-electron chi connectivity index (χ4n) is 5.82. The molecule has 0 radical (unpaired) electrons. The molecule has 0 N–H and O–H groups in total. The molecule has 9 heterocycles. The molecule has 27 nitrogen and oxygen atoms in total. The molecule has 0 bridgehead atoms. The zero-order valence-corrected chi connectivity index (χ0v) is 46.1. The molecule has 29 heteroatoms. The minimum Gasteiger partial charge on any atom is -0.428 e. The molecule has 2 aromatic carbocycles. The van der Waals surface area contributed by atoms with Crippen LogP contribution in [0.3, 0.4) is 0 Å². The molecule has 80 heavy (non-hydrogen) atoms. The largest absolute Gasteiger partial charge is 0.428 e. The van der Waals surface area contributed by atoms with Crippen molar-refractivity contribution in [2.24, 2.45) is 0 Å². The summed E-state index contributed by atoms with van der Waals surface area (Å²) in [6, 6.07) is 22.4. The Morgan fingerprint density at radius 1 is 0.537 bits per heavy atom. The van der Waals surface area contributed by atoms with Gasteiger partial charge in [-0.05, 0) is 101 Å². The van der Waals surface area contributed by atoms with Crippen molar-refractivity contribution in [1.29, 1.82) is 0 Å². The van der Waals surface area contributed by atoms with Gasteiger partial charge in [0.1, 0.15) is 22.8 Å². The zero-order valence-electron chi connectivity index (χ0n) is 44.6. The molecule has 0 saturated heterocycles. The molecule has 0 spiro atoms. The Hall–Kier alpha value is -8.79. The highest BCUT2D eigenvalue weighted by molar-refractivity contribution is 6.30. The van der Waals surface area contributed by atoms with E-state index < -0.39 is 5.60 Å². The molecule has 11 aromatic rings. The maximum absolute atomic E-state index is 5.91. The summed E-state index contributed by atoms with van der Waals surface area (Å²) in [4.78, 5) is 3.73. The van der Waals surface area contributed by atoms with Gasteiger partial charge < -0.3 is 44.8 Å². The SMILES string of the molecule is CCC(C)(CC)c1nnco1.COC(C)(C)c1nnco1.COCc1nnco1.ClC1(c2nnco2)CC1.Clc1ccc(-c2nnco2)cc1.c1ccc(-c2nnco2)cc1.c1ccc(-c2nnco2)nc1.c1nnc(C2CC2)o1. The van der Waals surface area contributed by atoms with E-state index in [0.717, 1.165) is 48.6 Å². The summed E-state index contributed by atoms with van der Waals surface area (Å²) >= 11 is 11.6. The predicted octanol–water partition coefficient (Wildman–Crippen LogP) is 10.8. The van der Waals surface area contributed by atoms with Crippen molar-refractivity contribution in [3.8, 4) is 34.5 Å². The van der Waals surface area contributed by atoms with E-state index in [1.807, 2.05) is 74.5 Å². The van der Waals surface area contributed by atoms with Gasteiger partial charge in [-0.15, -0.1) is 93.2 Å². The first-order valence-corrected chi connectivity index (χ1v) is 25.2. The number of aromatic nitrogens is 17. The minimum atomic E-state index is -0.476. The van der Waals surface area contributed by atoms with Gasteiger partial charge in [0.15, 0.2) is 0 Å². The van der Waals surface area contributed by atoms with Crippen molar-refractivity contribution in [3.63, 3.8) is 0 Å². The first-order chi connectivity index (χ1) is 38.9. The van der Waals surface area contributed by atoms with Crippen LogP contribution >= 0.6 is 23.2 Å². The van der Waals surface area contributed by atoms with Crippen LogP contribution in [0.5, 0.6) is 0 Å². The van der Waals surface area contributed by atoms with E-state index in [2.05, 4.69) is 112 Å². The highest BCUT2D eigenvalue weighted by Gasteiger charge is 2.47. The van der Waals surface area contributed by atoms with Crippen LogP contribution in [0.25, 0.3) is 34.5 Å². The highest BCUT2D eigenvalue weighted by Crippen LogP contribution is 2.51. The summed E-state index contributed by atoms with van der Waals surface area (Å²) in [5.74, 6) is 5.24. The van der Waals surface area contributed by atoms with Gasteiger partial charge in [-0.3, -0.25) is 4.98 Å². The number of rotatable bonds is 12. The molecule has 0 aliphatic heterocycles. The summed E-state index contributed by atoms with van der Waals surface area (Å²) < 4.78 is 49.4. The number of nitrogens with zero attached hydrogens (tertiary/aromatic N) is 17. The fraction of sp³-hybridized carbons (Fsp3) is 0.353. The lowest BCUT2D eigenvalue weighted by Gasteiger charge is -2.20. The van der Waals surface area contributed by atoms with Gasteiger partial charge in [0.25, 0.3) is 5.89 Å². The standard InChI is InChI=1S/C8H5ClN2O.C8H6N2O.C8H14N2O.C7H5N3O.C6H10N2O2.C5H5ClN2O.C5H6N2O.C4H6N2O2/c9-7-3-1-6(2-4-7)8-11-10-5-12-8;1-2-4-7(5-3-1)8-10-9-6-11-8;1-4-8(3,5-2)7-10-9-6-11-7;1-2-4-8-6(3-1)7-10-9-5-11-7;1-6(2,9-3)5-8-7-4-10-5;6-5(1-2-5)4-8-7-3-9-4;1-2-4(1)5-7-6-3-8-5;1-7-2-4-6-5-3-8-4/h1-5H;1-6H;6H,4-5H2,1-3H3;1-5H;4H,1-3H3;3H,1-2H2;3-4H,1-2H2;3H,2H2,1H3. The Bertz CT molecular complexity index is 3120. The monoisotopic (exact) mass is 1140 g/mol. The Kier molecular flexibility index (Phi) is 23.9. The molecular weight excluding hydrogens is 1080 g/mol. The minimum absolute atomic E-state index is 0.0660. The van der Waals surface area contributed by atoms with E-state index >= 15 is 0 Å². The van der Waals surface area contributed by atoms with Crippen molar-refractivity contribution < 1.29 is 44.8 Å². The average molecular weight is 1140 g/mol. The van der Waals surface area contributed by atoms with Crippen LogP contribution in [0.4, 0.5) is 0 Å². The van der Waals surface area contributed by atoms with Crippen LogP contribution < -0.4 is 0 Å². The van der Waals surface area contributed by atoms with Crippen molar-refractivity contribution >= 4 is 23.2 Å². The lowest BCUT2D eigenvalue weighted by atomic mass is 9.85. The van der Waals surface area contributed by atoms with E-state index in [1.165, 1.54) is 64.0 Å². The number of methoxy groups -OCH3 is 2. The number of hydrogen-bond acceptors (Lipinski definition) is 27. The van der Waals surface area contributed by atoms with Crippen molar-refractivity contribution in [1.82, 2.24) is 86.6 Å². The van der Waals surface area contributed by atoms with Gasteiger partial charge in [-0.1, -0.05) is 56.6 Å². The van der Waals surface area contributed by atoms with Crippen molar-refractivity contribution in [2.75, 3.05) is 14.2 Å². The van der Waals surface area contributed by atoms with Gasteiger partial charge >= 0.3 is 0 Å².